The van der Waals surface area contributed by atoms with Crippen LogP contribution in [0.1, 0.15) is 27.7 Å². The predicted molar refractivity (Wildman–Crippen MR) is 78.7 cm³/mol. The van der Waals surface area contributed by atoms with Crippen molar-refractivity contribution in [3.63, 3.8) is 0 Å². The maximum atomic E-state index is 12.1. The number of nitrogens with one attached hydrogen (secondary N) is 2. The second-order valence-corrected chi connectivity index (χ2v) is 5.06. The Labute approximate surface area is 129 Å². The summed E-state index contributed by atoms with van der Waals surface area (Å²) in [6.45, 7) is 0. The first-order valence-corrected chi connectivity index (χ1v) is 6.83. The van der Waals surface area contributed by atoms with Gasteiger partial charge in [0.05, 0.1) is 22.8 Å². The van der Waals surface area contributed by atoms with Crippen molar-refractivity contribution < 1.29 is 14.1 Å². The van der Waals surface area contributed by atoms with Crippen LogP contribution in [-0.4, -0.2) is 21.0 Å². The zero-order chi connectivity index (χ0) is 16.0. The number of carbonyl (C=O) groups is 1. The van der Waals surface area contributed by atoms with Gasteiger partial charge in [-0.15, -0.1) is 0 Å². The lowest BCUT2D eigenvalue weighted by Crippen LogP contribution is -2.21. The monoisotopic (exact) mass is 310 g/mol. The summed E-state index contributed by atoms with van der Waals surface area (Å²) in [6.07, 6.45) is 1.51. The van der Waals surface area contributed by atoms with Crippen LogP contribution in [0.3, 0.4) is 0 Å². The number of H-pyrrole nitrogens is 1. The minimum Gasteiger partial charge on any atom is -0.463 e. The number of aromatic amines is 1. The molecule has 0 radical (unpaired) electrons. The summed E-state index contributed by atoms with van der Waals surface area (Å²) in [4.78, 5) is 22.9. The Morgan fingerprint density at radius 2 is 2.04 bits per heavy atom. The zero-order valence-corrected chi connectivity index (χ0v) is 11.6. The zero-order valence-electron chi connectivity index (χ0n) is 11.6. The van der Waals surface area contributed by atoms with E-state index in [0.717, 1.165) is 0 Å². The quantitative estimate of drug-likeness (QED) is 0.569. The molecule has 1 aliphatic heterocycles. The molecule has 1 atom stereocenters. The van der Waals surface area contributed by atoms with Gasteiger partial charge in [0.25, 0.3) is 11.6 Å². The largest absolute Gasteiger partial charge is 0.463 e. The standard InChI is InChI=1S/C15H10N4O4/c20-15-14-11(13(17-18-14)10-6-3-7-23-10)12(16-15)8-4-1-2-5-9(8)19(21)22/h1-7,12H,(H,16,20)(H,17,18)/t12-/m0/s1. The molecule has 23 heavy (non-hydrogen) atoms. The highest BCUT2D eigenvalue weighted by Gasteiger charge is 2.39. The number of fused-ring (bicyclic) bond motifs is 1. The number of nitrogens with zero attached hydrogens (tertiary/aromatic N) is 2. The number of hydrogen-bond donors (Lipinski definition) is 2. The Bertz CT molecular complexity index is 913. The van der Waals surface area contributed by atoms with E-state index < -0.39 is 11.0 Å². The van der Waals surface area contributed by atoms with E-state index in [0.29, 0.717) is 22.6 Å². The third kappa shape index (κ3) is 1.92. The second kappa shape index (κ2) is 4.80. The lowest BCUT2D eigenvalue weighted by molar-refractivity contribution is -0.385. The van der Waals surface area contributed by atoms with Gasteiger partial charge in [0.2, 0.25) is 0 Å². The maximum Gasteiger partial charge on any atom is 0.275 e. The summed E-state index contributed by atoms with van der Waals surface area (Å²) in [5.74, 6) is 0.135. The van der Waals surface area contributed by atoms with Crippen molar-refractivity contribution >= 4 is 11.6 Å². The van der Waals surface area contributed by atoms with Crippen LogP contribution >= 0.6 is 0 Å². The molecule has 0 bridgehead atoms. The highest BCUT2D eigenvalue weighted by atomic mass is 16.6. The minimum absolute atomic E-state index is 0.0581. The van der Waals surface area contributed by atoms with E-state index in [9.17, 15) is 14.9 Å². The Kier molecular flexibility index (Phi) is 2.77. The number of nitro groups is 1. The van der Waals surface area contributed by atoms with Gasteiger partial charge in [0.15, 0.2) is 11.5 Å². The predicted octanol–water partition coefficient (Wildman–Crippen LogP) is 2.41. The molecular formula is C15H10N4O4. The molecule has 4 rings (SSSR count). The molecule has 1 aromatic carbocycles. The SMILES string of the molecule is O=C1N[C@@H](c2ccccc2[N+](=O)[O-])c2c1n[nH]c2-c1ccco1. The molecule has 0 saturated heterocycles. The van der Waals surface area contributed by atoms with Crippen LogP contribution in [0.5, 0.6) is 0 Å². The van der Waals surface area contributed by atoms with E-state index in [4.69, 9.17) is 4.42 Å². The van der Waals surface area contributed by atoms with Gasteiger partial charge < -0.3 is 9.73 Å². The van der Waals surface area contributed by atoms with E-state index >= 15 is 0 Å². The fourth-order valence-electron chi connectivity index (χ4n) is 2.82. The van der Waals surface area contributed by atoms with Gasteiger partial charge in [-0.25, -0.2) is 0 Å². The summed E-state index contributed by atoms with van der Waals surface area (Å²) in [5.41, 5.74) is 1.65. The molecule has 0 aliphatic carbocycles. The molecule has 2 aromatic heterocycles. The van der Waals surface area contributed by atoms with E-state index in [1.807, 2.05) is 0 Å². The number of hydrogen-bond acceptors (Lipinski definition) is 5. The maximum absolute atomic E-state index is 12.1. The highest BCUT2D eigenvalue weighted by Crippen LogP contribution is 2.39. The first kappa shape index (κ1) is 13.3. The van der Waals surface area contributed by atoms with Crippen LogP contribution in [0.2, 0.25) is 0 Å². The number of carbonyl (C=O) groups excluding carboxylic acids is 1. The first-order chi connectivity index (χ1) is 11.2. The molecular weight excluding hydrogens is 300 g/mol. The number of amides is 1. The second-order valence-electron chi connectivity index (χ2n) is 5.06. The van der Waals surface area contributed by atoms with Gasteiger partial charge in [-0.3, -0.25) is 20.0 Å². The molecule has 0 spiro atoms. The highest BCUT2D eigenvalue weighted by molar-refractivity contribution is 6.00. The third-order valence-electron chi connectivity index (χ3n) is 3.80. The van der Waals surface area contributed by atoms with Crippen LogP contribution in [-0.2, 0) is 0 Å². The fourth-order valence-corrected chi connectivity index (χ4v) is 2.82. The lowest BCUT2D eigenvalue weighted by atomic mass is 9.97. The topological polar surface area (TPSA) is 114 Å². The van der Waals surface area contributed by atoms with E-state index in [2.05, 4.69) is 15.5 Å². The van der Waals surface area contributed by atoms with Crippen LogP contribution in [0.25, 0.3) is 11.5 Å². The summed E-state index contributed by atoms with van der Waals surface area (Å²) >= 11 is 0. The van der Waals surface area contributed by atoms with Crippen molar-refractivity contribution in [1.82, 2.24) is 15.5 Å². The van der Waals surface area contributed by atoms with Gasteiger partial charge >= 0.3 is 0 Å². The van der Waals surface area contributed by atoms with Crippen LogP contribution in [0.4, 0.5) is 5.69 Å². The van der Waals surface area contributed by atoms with Gasteiger partial charge in [-0.1, -0.05) is 12.1 Å². The van der Waals surface area contributed by atoms with E-state index in [-0.39, 0.29) is 17.3 Å². The van der Waals surface area contributed by atoms with Crippen molar-refractivity contribution in [2.45, 2.75) is 6.04 Å². The molecule has 3 heterocycles. The van der Waals surface area contributed by atoms with E-state index in [1.54, 1.807) is 30.3 Å². The van der Waals surface area contributed by atoms with Crippen molar-refractivity contribution in [2.24, 2.45) is 0 Å². The number of para-hydroxylation sites is 1. The Balaban J connectivity index is 1.91. The molecule has 8 heteroatoms. The molecule has 1 amide bonds. The summed E-state index contributed by atoms with van der Waals surface area (Å²) < 4.78 is 5.36. The van der Waals surface area contributed by atoms with Gasteiger partial charge in [-0.05, 0) is 18.2 Å². The number of nitro benzene ring substituents is 1. The summed E-state index contributed by atoms with van der Waals surface area (Å²) in [6, 6.07) is 9.10. The molecule has 0 fully saturated rings. The number of furan rings is 1. The van der Waals surface area contributed by atoms with Gasteiger partial charge in [0, 0.05) is 11.6 Å². The van der Waals surface area contributed by atoms with Gasteiger partial charge in [-0.2, -0.15) is 5.10 Å². The molecule has 3 aromatic rings. The Morgan fingerprint density at radius 3 is 2.78 bits per heavy atom. The molecule has 114 valence electrons. The molecule has 1 aliphatic rings. The summed E-state index contributed by atoms with van der Waals surface area (Å²) in [7, 11) is 0. The molecule has 2 N–H and O–H groups in total. The van der Waals surface area contributed by atoms with Crippen LogP contribution in [0, 0.1) is 10.1 Å². The first-order valence-electron chi connectivity index (χ1n) is 6.83. The summed E-state index contributed by atoms with van der Waals surface area (Å²) in [5, 5.41) is 20.8. The van der Waals surface area contributed by atoms with E-state index in [1.165, 1.54) is 12.3 Å². The molecule has 0 saturated carbocycles. The average Bonchev–Trinajstić information content (AvgIpc) is 3.25. The molecule has 8 nitrogen and oxygen atoms in total. The average molecular weight is 310 g/mol. The van der Waals surface area contributed by atoms with Crippen LogP contribution < -0.4 is 5.32 Å². The van der Waals surface area contributed by atoms with Crippen LogP contribution in [0.15, 0.2) is 47.1 Å². The normalized spacial score (nSPS) is 16.2. The Morgan fingerprint density at radius 1 is 1.22 bits per heavy atom. The number of aromatic nitrogens is 2. The number of benzene rings is 1. The van der Waals surface area contributed by atoms with Gasteiger partial charge in [0.1, 0.15) is 5.69 Å². The fraction of sp³-hybridized carbons (Fsp3) is 0.0667. The lowest BCUT2D eigenvalue weighted by Gasteiger charge is -2.13. The number of rotatable bonds is 3. The smallest absolute Gasteiger partial charge is 0.275 e. The Hall–Kier alpha value is -3.42. The van der Waals surface area contributed by atoms with Crippen molar-refractivity contribution in [1.29, 1.82) is 0 Å². The van der Waals surface area contributed by atoms with Crippen molar-refractivity contribution in [3.8, 4) is 11.5 Å². The minimum atomic E-state index is -0.655. The van der Waals surface area contributed by atoms with Crippen molar-refractivity contribution in [3.05, 3.63) is 69.6 Å². The third-order valence-corrected chi connectivity index (χ3v) is 3.80. The van der Waals surface area contributed by atoms with Crippen molar-refractivity contribution in [2.75, 3.05) is 0 Å². The molecule has 0 unspecified atom stereocenters.